The molecule has 1 atom stereocenters. The van der Waals surface area contributed by atoms with Gasteiger partial charge in [0, 0.05) is 12.7 Å². The van der Waals surface area contributed by atoms with E-state index in [4.69, 9.17) is 15.9 Å². The Morgan fingerprint density at radius 2 is 2.24 bits per heavy atom. The van der Waals surface area contributed by atoms with Crippen LogP contribution >= 0.6 is 0 Å². The lowest BCUT2D eigenvalue weighted by Gasteiger charge is -2.20. The van der Waals surface area contributed by atoms with Gasteiger partial charge in [0.15, 0.2) is 0 Å². The standard InChI is InChI=1S/C16H13NO4/c1-3-8-20-9-12-14(18)21-10-16(12)11-6-4-5-7-13(11)17(2)15(16)19/h1,4-7,9H,8,10H2,2H3/b12-9-. The molecule has 0 N–H and O–H groups in total. The summed E-state index contributed by atoms with van der Waals surface area (Å²) < 4.78 is 10.3. The normalized spacial score (nSPS) is 25.1. The number of benzene rings is 1. The zero-order chi connectivity index (χ0) is 15.0. The molecule has 106 valence electrons. The van der Waals surface area contributed by atoms with Crippen LogP contribution in [0.2, 0.25) is 0 Å². The molecule has 2 heterocycles. The highest BCUT2D eigenvalue weighted by Crippen LogP contribution is 2.48. The topological polar surface area (TPSA) is 55.8 Å². The molecule has 0 radical (unpaired) electrons. The van der Waals surface area contributed by atoms with Crippen molar-refractivity contribution in [2.45, 2.75) is 5.41 Å². The van der Waals surface area contributed by atoms with Crippen LogP contribution in [0, 0.1) is 12.3 Å². The second-order valence-corrected chi connectivity index (χ2v) is 4.91. The molecule has 1 saturated heterocycles. The van der Waals surface area contributed by atoms with Gasteiger partial charge in [-0.1, -0.05) is 24.1 Å². The number of anilines is 1. The fourth-order valence-corrected chi connectivity index (χ4v) is 2.86. The summed E-state index contributed by atoms with van der Waals surface area (Å²) in [4.78, 5) is 26.3. The molecule has 0 saturated carbocycles. The molecule has 1 spiro atoms. The van der Waals surface area contributed by atoms with Crippen LogP contribution in [-0.4, -0.2) is 32.1 Å². The Balaban J connectivity index is 2.15. The van der Waals surface area contributed by atoms with E-state index in [1.165, 1.54) is 11.2 Å². The van der Waals surface area contributed by atoms with Crippen molar-refractivity contribution in [3.63, 3.8) is 0 Å². The van der Waals surface area contributed by atoms with Gasteiger partial charge in [-0.25, -0.2) is 4.79 Å². The zero-order valence-electron chi connectivity index (χ0n) is 11.5. The third-order valence-electron chi connectivity index (χ3n) is 3.86. The molecule has 5 nitrogen and oxygen atoms in total. The maximum Gasteiger partial charge on any atom is 0.338 e. The molecule has 1 amide bonds. The lowest BCUT2D eigenvalue weighted by Crippen LogP contribution is -2.40. The monoisotopic (exact) mass is 283 g/mol. The van der Waals surface area contributed by atoms with E-state index in [9.17, 15) is 9.59 Å². The highest BCUT2D eigenvalue weighted by Gasteiger charge is 2.59. The van der Waals surface area contributed by atoms with E-state index in [2.05, 4.69) is 5.92 Å². The number of carbonyl (C=O) groups is 2. The molecule has 1 aromatic carbocycles. The first kappa shape index (κ1) is 13.3. The number of terminal acetylenes is 1. The van der Waals surface area contributed by atoms with Crippen LogP contribution in [0.3, 0.4) is 0 Å². The van der Waals surface area contributed by atoms with Gasteiger partial charge in [-0.2, -0.15) is 0 Å². The number of cyclic esters (lactones) is 1. The molecule has 2 aliphatic heterocycles. The highest BCUT2D eigenvalue weighted by molar-refractivity contribution is 6.16. The van der Waals surface area contributed by atoms with Crippen LogP contribution in [0.5, 0.6) is 0 Å². The molecule has 1 aromatic rings. The number of amides is 1. The number of likely N-dealkylation sites (N-methyl/N-ethyl adjacent to an activating group) is 1. The SMILES string of the molecule is C#CCO/C=C1/C(=O)OCC12C(=O)N(C)c1ccccc12. The molecule has 0 bridgehead atoms. The summed E-state index contributed by atoms with van der Waals surface area (Å²) in [5, 5.41) is 0. The van der Waals surface area contributed by atoms with E-state index in [0.29, 0.717) is 0 Å². The average molecular weight is 283 g/mol. The number of para-hydroxylation sites is 1. The van der Waals surface area contributed by atoms with Crippen LogP contribution in [0.25, 0.3) is 0 Å². The molecule has 0 aliphatic carbocycles. The van der Waals surface area contributed by atoms with Crippen molar-refractivity contribution in [2.75, 3.05) is 25.2 Å². The molecule has 21 heavy (non-hydrogen) atoms. The van der Waals surface area contributed by atoms with Gasteiger partial charge in [0.1, 0.15) is 18.6 Å². The van der Waals surface area contributed by atoms with E-state index >= 15 is 0 Å². The van der Waals surface area contributed by atoms with Gasteiger partial charge in [-0.3, -0.25) is 4.79 Å². The number of nitrogens with zero attached hydrogens (tertiary/aromatic N) is 1. The summed E-state index contributed by atoms with van der Waals surface area (Å²) in [6.45, 7) is 0.00973. The number of hydrogen-bond donors (Lipinski definition) is 0. The molecule has 0 aromatic heterocycles. The fourth-order valence-electron chi connectivity index (χ4n) is 2.86. The molecule has 3 rings (SSSR count). The molecule has 2 aliphatic rings. The molecule has 5 heteroatoms. The maximum absolute atomic E-state index is 12.7. The summed E-state index contributed by atoms with van der Waals surface area (Å²) in [6, 6.07) is 7.34. The van der Waals surface area contributed by atoms with Crippen molar-refractivity contribution >= 4 is 17.6 Å². The number of rotatable bonds is 2. The fraction of sp³-hybridized carbons (Fsp3) is 0.250. The molecule has 1 fully saturated rings. The van der Waals surface area contributed by atoms with Gasteiger partial charge in [0.2, 0.25) is 5.91 Å². The maximum atomic E-state index is 12.7. The summed E-state index contributed by atoms with van der Waals surface area (Å²) >= 11 is 0. The first-order valence-electron chi connectivity index (χ1n) is 6.43. The Kier molecular flexibility index (Phi) is 2.95. The quantitative estimate of drug-likeness (QED) is 0.267. The molecular weight excluding hydrogens is 270 g/mol. The minimum Gasteiger partial charge on any atom is -0.488 e. The van der Waals surface area contributed by atoms with Crippen molar-refractivity contribution in [2.24, 2.45) is 0 Å². The van der Waals surface area contributed by atoms with Crippen molar-refractivity contribution < 1.29 is 19.1 Å². The summed E-state index contributed by atoms with van der Waals surface area (Å²) in [7, 11) is 1.68. The lowest BCUT2D eigenvalue weighted by molar-refractivity contribution is -0.135. The largest absolute Gasteiger partial charge is 0.488 e. The third kappa shape index (κ3) is 1.66. The average Bonchev–Trinajstić information content (AvgIpc) is 2.94. The smallest absolute Gasteiger partial charge is 0.338 e. The predicted molar refractivity (Wildman–Crippen MR) is 75.4 cm³/mol. The first-order valence-corrected chi connectivity index (χ1v) is 6.43. The molecular formula is C16H13NO4. The van der Waals surface area contributed by atoms with Gasteiger partial charge in [-0.15, -0.1) is 6.42 Å². The second kappa shape index (κ2) is 4.67. The van der Waals surface area contributed by atoms with Gasteiger partial charge >= 0.3 is 5.97 Å². The predicted octanol–water partition coefficient (Wildman–Crippen LogP) is 0.991. The summed E-state index contributed by atoms with van der Waals surface area (Å²) in [6.07, 6.45) is 6.38. The summed E-state index contributed by atoms with van der Waals surface area (Å²) in [5.41, 5.74) is 0.582. The number of hydrogen-bond acceptors (Lipinski definition) is 4. The van der Waals surface area contributed by atoms with Crippen LogP contribution in [-0.2, 0) is 24.5 Å². The number of fused-ring (bicyclic) bond motifs is 2. The van der Waals surface area contributed by atoms with Crippen LogP contribution in [0.4, 0.5) is 5.69 Å². The van der Waals surface area contributed by atoms with Gasteiger partial charge in [0.25, 0.3) is 0 Å². The third-order valence-corrected chi connectivity index (χ3v) is 3.86. The highest BCUT2D eigenvalue weighted by atomic mass is 16.5. The van der Waals surface area contributed by atoms with Crippen molar-refractivity contribution in [1.82, 2.24) is 0 Å². The zero-order valence-corrected chi connectivity index (χ0v) is 11.5. The Hall–Kier alpha value is -2.74. The summed E-state index contributed by atoms with van der Waals surface area (Å²) in [5.74, 6) is 1.56. The van der Waals surface area contributed by atoms with E-state index < -0.39 is 11.4 Å². The van der Waals surface area contributed by atoms with Crippen molar-refractivity contribution in [3.8, 4) is 12.3 Å². The Labute approximate surface area is 122 Å². The Morgan fingerprint density at radius 1 is 1.48 bits per heavy atom. The van der Waals surface area contributed by atoms with E-state index in [1.807, 2.05) is 24.3 Å². The van der Waals surface area contributed by atoms with E-state index in [0.717, 1.165) is 11.3 Å². The number of esters is 1. The van der Waals surface area contributed by atoms with Crippen molar-refractivity contribution in [3.05, 3.63) is 41.7 Å². The van der Waals surface area contributed by atoms with Crippen molar-refractivity contribution in [1.29, 1.82) is 0 Å². The Bertz CT molecular complexity index is 700. The second-order valence-electron chi connectivity index (χ2n) is 4.91. The van der Waals surface area contributed by atoms with Gasteiger partial charge in [0.05, 0.1) is 11.8 Å². The van der Waals surface area contributed by atoms with E-state index in [1.54, 1.807) is 7.05 Å². The minimum atomic E-state index is -1.13. The van der Waals surface area contributed by atoms with E-state index in [-0.39, 0.29) is 24.7 Å². The minimum absolute atomic E-state index is 0.0166. The number of ether oxygens (including phenoxy) is 2. The molecule has 1 unspecified atom stereocenters. The van der Waals surface area contributed by atoms with Crippen LogP contribution in [0.15, 0.2) is 36.1 Å². The lowest BCUT2D eigenvalue weighted by atomic mass is 9.77. The first-order chi connectivity index (χ1) is 10.1. The van der Waals surface area contributed by atoms with Gasteiger partial charge in [-0.05, 0) is 11.6 Å². The van der Waals surface area contributed by atoms with Crippen LogP contribution < -0.4 is 4.90 Å². The number of carbonyl (C=O) groups excluding carboxylic acids is 2. The van der Waals surface area contributed by atoms with Gasteiger partial charge < -0.3 is 14.4 Å². The van der Waals surface area contributed by atoms with Crippen LogP contribution in [0.1, 0.15) is 5.56 Å². The Morgan fingerprint density at radius 3 is 3.00 bits per heavy atom.